The lowest BCUT2D eigenvalue weighted by atomic mass is 9.91. The Labute approximate surface area is 130 Å². The van der Waals surface area contributed by atoms with E-state index < -0.39 is 0 Å². The Balaban J connectivity index is 2.28. The second kappa shape index (κ2) is 6.17. The van der Waals surface area contributed by atoms with Crippen LogP contribution in [-0.2, 0) is 10.3 Å². The van der Waals surface area contributed by atoms with Gasteiger partial charge < -0.3 is 4.90 Å². The van der Waals surface area contributed by atoms with Crippen molar-refractivity contribution in [3.63, 3.8) is 0 Å². The van der Waals surface area contributed by atoms with Crippen LogP contribution >= 0.6 is 0 Å². The molecule has 0 saturated carbocycles. The number of carbonyl (C=O) groups is 1. The summed E-state index contributed by atoms with van der Waals surface area (Å²) in [7, 11) is 1.83. The number of hydrogen-bond acceptors (Lipinski definition) is 5. The first-order valence-electron chi connectivity index (χ1n) is 7.28. The molecule has 0 radical (unpaired) electrons. The van der Waals surface area contributed by atoms with Crippen LogP contribution in [0.5, 0.6) is 0 Å². The summed E-state index contributed by atoms with van der Waals surface area (Å²) >= 11 is 0. The van der Waals surface area contributed by atoms with Gasteiger partial charge in [-0.15, -0.1) is 20.4 Å². The predicted molar refractivity (Wildman–Crippen MR) is 83.9 cm³/mol. The topological polar surface area (TPSA) is 71.9 Å². The smallest absolute Gasteiger partial charge is 0.222 e. The molecule has 0 unspecified atom stereocenters. The minimum atomic E-state index is -0.379. The summed E-state index contributed by atoms with van der Waals surface area (Å²) in [6, 6.07) is 7.82. The van der Waals surface area contributed by atoms with Gasteiger partial charge in [-0.1, -0.05) is 31.2 Å². The molecule has 6 heteroatoms. The highest BCUT2D eigenvalue weighted by Crippen LogP contribution is 2.28. The van der Waals surface area contributed by atoms with Gasteiger partial charge in [0.25, 0.3) is 0 Å². The van der Waals surface area contributed by atoms with Gasteiger partial charge >= 0.3 is 0 Å². The molecule has 0 aliphatic carbocycles. The molecule has 0 N–H and O–H groups in total. The van der Waals surface area contributed by atoms with Gasteiger partial charge in [0, 0.05) is 19.0 Å². The van der Waals surface area contributed by atoms with Crippen LogP contribution in [0.3, 0.4) is 0 Å². The van der Waals surface area contributed by atoms with Gasteiger partial charge in [0.1, 0.15) is 0 Å². The third kappa shape index (κ3) is 3.10. The molecule has 0 fully saturated rings. The van der Waals surface area contributed by atoms with Crippen LogP contribution in [0.2, 0.25) is 0 Å². The second-order valence-electron chi connectivity index (χ2n) is 5.71. The lowest BCUT2D eigenvalue weighted by Gasteiger charge is -2.36. The van der Waals surface area contributed by atoms with Crippen molar-refractivity contribution in [3.05, 3.63) is 35.7 Å². The van der Waals surface area contributed by atoms with E-state index in [9.17, 15) is 4.79 Å². The fourth-order valence-electron chi connectivity index (χ4n) is 2.16. The van der Waals surface area contributed by atoms with E-state index in [4.69, 9.17) is 0 Å². The van der Waals surface area contributed by atoms with Crippen LogP contribution in [0.15, 0.2) is 24.3 Å². The lowest BCUT2D eigenvalue weighted by Crippen LogP contribution is -2.42. The van der Waals surface area contributed by atoms with Gasteiger partial charge in [0.2, 0.25) is 11.7 Å². The van der Waals surface area contributed by atoms with Crippen molar-refractivity contribution < 1.29 is 4.79 Å². The van der Waals surface area contributed by atoms with Gasteiger partial charge in [0.15, 0.2) is 5.82 Å². The average molecular weight is 299 g/mol. The summed E-state index contributed by atoms with van der Waals surface area (Å²) < 4.78 is 0. The summed E-state index contributed by atoms with van der Waals surface area (Å²) in [4.78, 5) is 13.7. The highest BCUT2D eigenvalue weighted by Gasteiger charge is 2.28. The SMILES string of the molecule is CCC(=O)N(C)C(C)(C)c1ccc(-c2nnc(C)nn2)cc1. The van der Waals surface area contributed by atoms with Gasteiger partial charge in [-0.3, -0.25) is 4.79 Å². The van der Waals surface area contributed by atoms with Gasteiger partial charge in [-0.05, 0) is 26.3 Å². The van der Waals surface area contributed by atoms with Crippen LogP contribution in [0.4, 0.5) is 0 Å². The molecule has 1 aromatic heterocycles. The zero-order chi connectivity index (χ0) is 16.3. The fourth-order valence-corrected chi connectivity index (χ4v) is 2.16. The Bertz CT molecular complexity index is 649. The van der Waals surface area contributed by atoms with E-state index in [1.807, 2.05) is 52.1 Å². The van der Waals surface area contributed by atoms with Crippen molar-refractivity contribution in [2.75, 3.05) is 7.05 Å². The molecule has 0 aliphatic heterocycles. The van der Waals surface area contributed by atoms with Gasteiger partial charge in [-0.25, -0.2) is 0 Å². The van der Waals surface area contributed by atoms with Crippen LogP contribution in [0, 0.1) is 6.92 Å². The number of carbonyl (C=O) groups excluding carboxylic acids is 1. The quantitative estimate of drug-likeness (QED) is 0.866. The fraction of sp³-hybridized carbons (Fsp3) is 0.438. The standard InChI is InChI=1S/C16H21N5O/c1-6-14(22)21(5)16(3,4)13-9-7-12(8-10-13)15-19-17-11(2)18-20-15/h7-10H,6H2,1-5H3. The molecule has 0 spiro atoms. The first-order valence-corrected chi connectivity index (χ1v) is 7.28. The number of aryl methyl sites for hydroxylation is 1. The second-order valence-corrected chi connectivity index (χ2v) is 5.71. The molecule has 1 aromatic carbocycles. The first kappa shape index (κ1) is 16.0. The van der Waals surface area contributed by atoms with Crippen molar-refractivity contribution >= 4 is 5.91 Å². The highest BCUT2D eigenvalue weighted by molar-refractivity contribution is 5.76. The number of aromatic nitrogens is 4. The maximum atomic E-state index is 11.9. The zero-order valence-electron chi connectivity index (χ0n) is 13.7. The van der Waals surface area contributed by atoms with E-state index in [1.165, 1.54) is 0 Å². The van der Waals surface area contributed by atoms with E-state index in [2.05, 4.69) is 20.4 Å². The van der Waals surface area contributed by atoms with Gasteiger partial charge in [0.05, 0.1) is 5.54 Å². The normalized spacial score (nSPS) is 11.3. The molecule has 2 rings (SSSR count). The summed E-state index contributed by atoms with van der Waals surface area (Å²) in [6.07, 6.45) is 0.493. The Morgan fingerprint density at radius 2 is 1.64 bits per heavy atom. The van der Waals surface area contributed by atoms with E-state index in [0.717, 1.165) is 11.1 Å². The molecule has 0 atom stereocenters. The monoisotopic (exact) mass is 299 g/mol. The maximum Gasteiger partial charge on any atom is 0.222 e. The molecule has 22 heavy (non-hydrogen) atoms. The number of nitrogens with zero attached hydrogens (tertiary/aromatic N) is 5. The summed E-state index contributed by atoms with van der Waals surface area (Å²) in [5.41, 5.74) is 1.52. The number of benzene rings is 1. The molecular formula is C16H21N5O. The van der Waals surface area contributed by atoms with Crippen molar-refractivity contribution in [1.82, 2.24) is 25.3 Å². The third-order valence-electron chi connectivity index (χ3n) is 3.94. The molecule has 1 heterocycles. The third-order valence-corrected chi connectivity index (χ3v) is 3.94. The summed E-state index contributed by atoms with van der Waals surface area (Å²) in [5, 5.41) is 15.9. The molecule has 6 nitrogen and oxygen atoms in total. The Morgan fingerprint density at radius 1 is 1.09 bits per heavy atom. The van der Waals surface area contributed by atoms with Crippen LogP contribution in [0.25, 0.3) is 11.4 Å². The van der Waals surface area contributed by atoms with Crippen LogP contribution in [0.1, 0.15) is 38.6 Å². The van der Waals surface area contributed by atoms with Crippen molar-refractivity contribution in [1.29, 1.82) is 0 Å². The molecular weight excluding hydrogens is 278 g/mol. The molecule has 1 amide bonds. The Hall–Kier alpha value is -2.37. The van der Waals surface area contributed by atoms with E-state index in [1.54, 1.807) is 11.8 Å². The minimum absolute atomic E-state index is 0.115. The summed E-state index contributed by atoms with van der Waals surface area (Å²) in [6.45, 7) is 7.67. The number of rotatable bonds is 4. The highest BCUT2D eigenvalue weighted by atomic mass is 16.2. The minimum Gasteiger partial charge on any atom is -0.337 e. The zero-order valence-corrected chi connectivity index (χ0v) is 13.7. The van der Waals surface area contributed by atoms with E-state index in [0.29, 0.717) is 18.1 Å². The molecule has 116 valence electrons. The number of amides is 1. The maximum absolute atomic E-state index is 11.9. The first-order chi connectivity index (χ1) is 10.4. The average Bonchev–Trinajstić information content (AvgIpc) is 2.54. The van der Waals surface area contributed by atoms with Crippen molar-refractivity contribution in [2.24, 2.45) is 0 Å². The molecule has 0 saturated heterocycles. The predicted octanol–water partition coefficient (Wildman–Crippen LogP) is 2.35. The van der Waals surface area contributed by atoms with Crippen LogP contribution < -0.4 is 0 Å². The van der Waals surface area contributed by atoms with E-state index >= 15 is 0 Å². The lowest BCUT2D eigenvalue weighted by molar-refractivity contribution is -0.134. The largest absolute Gasteiger partial charge is 0.337 e. The number of hydrogen-bond donors (Lipinski definition) is 0. The Kier molecular flexibility index (Phi) is 4.49. The molecule has 2 aromatic rings. The van der Waals surface area contributed by atoms with Crippen molar-refractivity contribution in [2.45, 2.75) is 39.7 Å². The van der Waals surface area contributed by atoms with Gasteiger partial charge in [-0.2, -0.15) is 0 Å². The molecule has 0 aliphatic rings. The Morgan fingerprint density at radius 3 is 2.14 bits per heavy atom. The van der Waals surface area contributed by atoms with Crippen LogP contribution in [-0.4, -0.2) is 38.2 Å². The van der Waals surface area contributed by atoms with Crippen molar-refractivity contribution in [3.8, 4) is 11.4 Å². The van der Waals surface area contributed by atoms with E-state index in [-0.39, 0.29) is 11.4 Å². The summed E-state index contributed by atoms with van der Waals surface area (Å²) in [5.74, 6) is 1.15. The molecule has 0 bridgehead atoms.